The molecule has 1 aromatic carbocycles. The molecule has 6 nitrogen and oxygen atoms in total. The van der Waals surface area contributed by atoms with E-state index in [0.29, 0.717) is 27.5 Å². The average Bonchev–Trinajstić information content (AvgIpc) is 2.97. The molecule has 9 heteroatoms. The highest BCUT2D eigenvalue weighted by atomic mass is 32.1. The van der Waals surface area contributed by atoms with Crippen LogP contribution in [0, 0.1) is 13.8 Å². The normalized spacial score (nSPS) is 10.7. The number of ether oxygens (including phenoxy) is 2. The van der Waals surface area contributed by atoms with Crippen LogP contribution in [0.3, 0.4) is 0 Å². The highest BCUT2D eigenvalue weighted by Gasteiger charge is 2.16. The van der Waals surface area contributed by atoms with Gasteiger partial charge in [-0.05, 0) is 44.0 Å². The third kappa shape index (κ3) is 5.22. The molecule has 1 aromatic heterocycles. The van der Waals surface area contributed by atoms with E-state index in [-0.39, 0.29) is 18.8 Å². The maximum atomic E-state index is 12.4. The van der Waals surface area contributed by atoms with E-state index < -0.39 is 18.5 Å². The monoisotopic (exact) mass is 384 g/mol. The second-order valence-electron chi connectivity index (χ2n) is 5.40. The zero-order chi connectivity index (χ0) is 19.3. The van der Waals surface area contributed by atoms with Crippen LogP contribution in [0.2, 0.25) is 0 Å². The average molecular weight is 384 g/mol. The van der Waals surface area contributed by atoms with Crippen LogP contribution in [0.15, 0.2) is 17.5 Å². The molecule has 0 bridgehead atoms. The van der Waals surface area contributed by atoms with E-state index in [1.807, 2.05) is 0 Å². The molecule has 26 heavy (non-hydrogen) atoms. The molecule has 0 aliphatic rings. The van der Waals surface area contributed by atoms with Gasteiger partial charge in [0.05, 0.1) is 18.7 Å². The predicted octanol–water partition coefficient (Wildman–Crippen LogP) is 3.72. The summed E-state index contributed by atoms with van der Waals surface area (Å²) in [6.45, 7) is 2.24. The summed E-state index contributed by atoms with van der Waals surface area (Å²) in [6.07, 6.45) is 0.0259. The molecule has 0 saturated heterocycles. The van der Waals surface area contributed by atoms with Crippen LogP contribution in [-0.2, 0) is 16.0 Å². The zero-order valence-corrected chi connectivity index (χ0v) is 15.3. The summed E-state index contributed by atoms with van der Waals surface area (Å²) in [5.74, 6) is -0.768. The van der Waals surface area contributed by atoms with Crippen molar-refractivity contribution in [2.45, 2.75) is 33.8 Å². The summed E-state index contributed by atoms with van der Waals surface area (Å²) in [5, 5.41) is 4.61. The van der Waals surface area contributed by atoms with Crippen molar-refractivity contribution in [2.24, 2.45) is 0 Å². The lowest BCUT2D eigenvalue weighted by Crippen LogP contribution is -2.14. The number of thiazole rings is 1. The van der Waals surface area contributed by atoms with Gasteiger partial charge in [0.15, 0.2) is 5.13 Å². The minimum Gasteiger partial charge on any atom is -0.466 e. The van der Waals surface area contributed by atoms with Crippen LogP contribution in [0.1, 0.15) is 34.1 Å². The zero-order valence-electron chi connectivity index (χ0n) is 14.5. The van der Waals surface area contributed by atoms with E-state index in [4.69, 9.17) is 4.74 Å². The largest absolute Gasteiger partial charge is 0.466 e. The summed E-state index contributed by atoms with van der Waals surface area (Å²) in [4.78, 5) is 28.0. The smallest absolute Gasteiger partial charge is 0.387 e. The van der Waals surface area contributed by atoms with Gasteiger partial charge in [-0.1, -0.05) is 0 Å². The molecule has 1 amide bonds. The van der Waals surface area contributed by atoms with E-state index in [1.54, 1.807) is 26.2 Å². The number of benzene rings is 1. The first kappa shape index (κ1) is 19.8. The minimum absolute atomic E-state index is 0.0259. The molecule has 140 valence electrons. The lowest BCUT2D eigenvalue weighted by Gasteiger charge is -2.13. The van der Waals surface area contributed by atoms with E-state index in [2.05, 4.69) is 15.0 Å². The number of hydrogen-bond donors (Lipinski definition) is 1. The van der Waals surface area contributed by atoms with E-state index in [9.17, 15) is 18.4 Å². The standard InChI is InChI=1S/C17H18F2N2O4S/c1-4-24-13(22)7-12-8-26-17(20-12)21-15(23)11-5-9(2)14(10(3)6-11)25-16(18)19/h5-6,8,16H,4,7H2,1-3H3,(H,20,21,23). The predicted molar refractivity (Wildman–Crippen MR) is 93.0 cm³/mol. The topological polar surface area (TPSA) is 77.5 Å². The molecular weight excluding hydrogens is 366 g/mol. The van der Waals surface area contributed by atoms with Gasteiger partial charge < -0.3 is 9.47 Å². The quantitative estimate of drug-likeness (QED) is 0.736. The molecular formula is C17H18F2N2O4S. The Hall–Kier alpha value is -2.55. The van der Waals surface area contributed by atoms with Gasteiger partial charge in [0, 0.05) is 10.9 Å². The highest BCUT2D eigenvalue weighted by molar-refractivity contribution is 7.14. The molecule has 0 saturated carbocycles. The molecule has 0 spiro atoms. The van der Waals surface area contributed by atoms with Crippen LogP contribution in [-0.4, -0.2) is 30.1 Å². The second kappa shape index (κ2) is 8.70. The summed E-state index contributed by atoms with van der Waals surface area (Å²) in [7, 11) is 0. The fourth-order valence-corrected chi connectivity index (χ4v) is 3.04. The van der Waals surface area contributed by atoms with Crippen LogP contribution in [0.4, 0.5) is 13.9 Å². The van der Waals surface area contributed by atoms with Gasteiger partial charge in [-0.15, -0.1) is 11.3 Å². The van der Waals surface area contributed by atoms with Crippen molar-refractivity contribution in [3.8, 4) is 5.75 Å². The number of carbonyl (C=O) groups excluding carboxylic acids is 2. The third-order valence-corrected chi connectivity index (χ3v) is 4.14. The Morgan fingerprint density at radius 1 is 1.27 bits per heavy atom. The number of anilines is 1. The van der Waals surface area contributed by atoms with Crippen LogP contribution in [0.25, 0.3) is 0 Å². The lowest BCUT2D eigenvalue weighted by atomic mass is 10.1. The van der Waals surface area contributed by atoms with Crippen LogP contribution >= 0.6 is 11.3 Å². The number of nitrogens with zero attached hydrogens (tertiary/aromatic N) is 1. The van der Waals surface area contributed by atoms with Crippen LogP contribution < -0.4 is 10.1 Å². The molecule has 0 fully saturated rings. The van der Waals surface area contributed by atoms with Crippen molar-refractivity contribution >= 4 is 28.3 Å². The maximum Gasteiger partial charge on any atom is 0.387 e. The van der Waals surface area contributed by atoms with E-state index >= 15 is 0 Å². The Labute approximate surface area is 153 Å². The van der Waals surface area contributed by atoms with Gasteiger partial charge >= 0.3 is 12.6 Å². The molecule has 0 aliphatic carbocycles. The van der Waals surface area contributed by atoms with Gasteiger partial charge in [-0.25, -0.2) is 4.98 Å². The van der Waals surface area contributed by atoms with Gasteiger partial charge in [0.2, 0.25) is 0 Å². The van der Waals surface area contributed by atoms with Crippen molar-refractivity contribution in [2.75, 3.05) is 11.9 Å². The van der Waals surface area contributed by atoms with Crippen LogP contribution in [0.5, 0.6) is 5.75 Å². The summed E-state index contributed by atoms with van der Waals surface area (Å²) >= 11 is 1.18. The Bertz CT molecular complexity index is 785. The SMILES string of the molecule is CCOC(=O)Cc1csc(NC(=O)c2cc(C)c(OC(F)F)c(C)c2)n1. The van der Waals surface area contributed by atoms with Crippen molar-refractivity contribution in [1.82, 2.24) is 4.98 Å². The molecule has 0 atom stereocenters. The molecule has 1 N–H and O–H groups in total. The molecule has 0 aliphatic heterocycles. The molecule has 0 radical (unpaired) electrons. The number of esters is 1. The Balaban J connectivity index is 2.08. The van der Waals surface area contributed by atoms with Gasteiger partial charge in [0.25, 0.3) is 5.91 Å². The number of halogens is 2. The van der Waals surface area contributed by atoms with Crippen molar-refractivity contribution in [1.29, 1.82) is 0 Å². The Morgan fingerprint density at radius 3 is 2.50 bits per heavy atom. The fraction of sp³-hybridized carbons (Fsp3) is 0.353. The first-order valence-electron chi connectivity index (χ1n) is 7.77. The molecule has 2 aromatic rings. The molecule has 2 rings (SSSR count). The number of aromatic nitrogens is 1. The third-order valence-electron chi connectivity index (χ3n) is 3.33. The Kier molecular flexibility index (Phi) is 6.62. The number of alkyl halides is 2. The maximum absolute atomic E-state index is 12.4. The first-order chi connectivity index (χ1) is 12.3. The second-order valence-corrected chi connectivity index (χ2v) is 6.26. The first-order valence-corrected chi connectivity index (χ1v) is 8.65. The number of amides is 1. The highest BCUT2D eigenvalue weighted by Crippen LogP contribution is 2.27. The van der Waals surface area contributed by atoms with Crippen molar-refractivity contribution in [3.63, 3.8) is 0 Å². The lowest BCUT2D eigenvalue weighted by molar-refractivity contribution is -0.142. The Morgan fingerprint density at radius 2 is 1.92 bits per heavy atom. The number of rotatable bonds is 7. The number of carbonyl (C=O) groups is 2. The van der Waals surface area contributed by atoms with Gasteiger partial charge in [-0.3, -0.25) is 14.9 Å². The molecule has 0 unspecified atom stereocenters. The summed E-state index contributed by atoms with van der Waals surface area (Å²) in [6, 6.07) is 2.93. The number of aryl methyl sites for hydroxylation is 2. The van der Waals surface area contributed by atoms with Gasteiger partial charge in [-0.2, -0.15) is 8.78 Å². The number of hydrogen-bond acceptors (Lipinski definition) is 6. The summed E-state index contributed by atoms with van der Waals surface area (Å²) in [5.41, 5.74) is 1.65. The van der Waals surface area contributed by atoms with Crippen molar-refractivity contribution in [3.05, 3.63) is 39.9 Å². The fourth-order valence-electron chi connectivity index (χ4n) is 2.33. The molecule has 1 heterocycles. The number of nitrogens with one attached hydrogen (secondary N) is 1. The van der Waals surface area contributed by atoms with E-state index in [0.717, 1.165) is 0 Å². The van der Waals surface area contributed by atoms with Gasteiger partial charge in [0.1, 0.15) is 5.75 Å². The summed E-state index contributed by atoms with van der Waals surface area (Å²) < 4.78 is 34.2. The van der Waals surface area contributed by atoms with E-state index in [1.165, 1.54) is 23.5 Å². The minimum atomic E-state index is -2.93. The van der Waals surface area contributed by atoms with Crippen molar-refractivity contribution < 1.29 is 27.8 Å².